The molecule has 0 aliphatic rings. The molecule has 3 rings (SSSR count). The lowest BCUT2D eigenvalue weighted by Gasteiger charge is -2.09. The van der Waals surface area contributed by atoms with Gasteiger partial charge in [-0.1, -0.05) is 37.6 Å². The Balaban J connectivity index is 1.87. The van der Waals surface area contributed by atoms with Gasteiger partial charge in [0.25, 0.3) is 9.84 Å². The van der Waals surface area contributed by atoms with Crippen molar-refractivity contribution < 1.29 is 21.6 Å². The Labute approximate surface area is 175 Å². The molecule has 5 nitrogen and oxygen atoms in total. The molecule has 2 heterocycles. The molecule has 0 N–H and O–H groups in total. The highest BCUT2D eigenvalue weighted by Gasteiger charge is 2.45. The Kier molecular flexibility index (Phi) is 6.07. The fraction of sp³-hybridized carbons (Fsp3) is 0.333. The van der Waals surface area contributed by atoms with Gasteiger partial charge in [0.15, 0.2) is 0 Å². The molecule has 0 fully saturated rings. The number of benzene rings is 1. The van der Waals surface area contributed by atoms with Crippen LogP contribution < -0.4 is 0 Å². The van der Waals surface area contributed by atoms with Crippen molar-refractivity contribution in [2.45, 2.75) is 31.7 Å². The van der Waals surface area contributed by atoms with E-state index in [0.29, 0.717) is 17.2 Å². The third kappa shape index (κ3) is 4.81. The van der Waals surface area contributed by atoms with Gasteiger partial charge in [0, 0.05) is 23.7 Å². The van der Waals surface area contributed by atoms with Crippen molar-refractivity contribution in [1.29, 1.82) is 0 Å². The second-order valence-corrected chi connectivity index (χ2v) is 10.1. The lowest BCUT2D eigenvalue weighted by atomic mass is 10.1. The van der Waals surface area contributed by atoms with Crippen molar-refractivity contribution in [3.63, 3.8) is 0 Å². The molecular formula is C18H17ClF3N3O2S2. The first-order valence-corrected chi connectivity index (χ1v) is 11.4. The van der Waals surface area contributed by atoms with E-state index in [1.54, 1.807) is 11.6 Å². The summed E-state index contributed by atoms with van der Waals surface area (Å²) in [6.07, 6.45) is 1.70. The molecule has 0 saturated carbocycles. The Hall–Kier alpha value is -1.91. The van der Waals surface area contributed by atoms with Crippen LogP contribution >= 0.6 is 22.9 Å². The largest absolute Gasteiger partial charge is 0.497 e. The third-order valence-corrected chi connectivity index (χ3v) is 6.59. The monoisotopic (exact) mass is 463 g/mol. The fourth-order valence-electron chi connectivity index (χ4n) is 2.68. The van der Waals surface area contributed by atoms with Crippen LogP contribution in [0.1, 0.15) is 19.4 Å². The molecule has 3 aromatic rings. The summed E-state index contributed by atoms with van der Waals surface area (Å²) in [6.45, 7) is 4.90. The lowest BCUT2D eigenvalue weighted by molar-refractivity contribution is -0.0437. The van der Waals surface area contributed by atoms with E-state index in [1.807, 2.05) is 10.7 Å². The summed E-state index contributed by atoms with van der Waals surface area (Å²) in [6, 6.07) is 5.88. The van der Waals surface area contributed by atoms with Crippen molar-refractivity contribution >= 4 is 32.8 Å². The van der Waals surface area contributed by atoms with Crippen LogP contribution in [0.4, 0.5) is 13.2 Å². The molecule has 0 aliphatic heterocycles. The number of aromatic nitrogens is 3. The van der Waals surface area contributed by atoms with Crippen molar-refractivity contribution in [1.82, 2.24) is 14.8 Å². The van der Waals surface area contributed by atoms with Crippen LogP contribution in [0.25, 0.3) is 22.0 Å². The minimum absolute atomic E-state index is 0.0402. The van der Waals surface area contributed by atoms with Gasteiger partial charge in [-0.15, -0.1) is 11.3 Å². The van der Waals surface area contributed by atoms with Gasteiger partial charge in [-0.2, -0.15) is 18.3 Å². The van der Waals surface area contributed by atoms with Crippen LogP contribution in [0.15, 0.2) is 35.8 Å². The Bertz CT molecular complexity index is 1120. The molecule has 0 unspecified atom stereocenters. The van der Waals surface area contributed by atoms with Crippen molar-refractivity contribution in [2.24, 2.45) is 5.92 Å². The second kappa shape index (κ2) is 8.08. The minimum atomic E-state index is -5.30. The molecule has 0 saturated heterocycles. The first-order chi connectivity index (χ1) is 13.5. The van der Waals surface area contributed by atoms with E-state index in [-0.39, 0.29) is 10.6 Å². The average molecular weight is 464 g/mol. The molecular weight excluding hydrogens is 447 g/mol. The van der Waals surface area contributed by atoms with E-state index >= 15 is 0 Å². The highest BCUT2D eigenvalue weighted by atomic mass is 35.5. The zero-order chi connectivity index (χ0) is 21.4. The molecule has 0 aliphatic carbocycles. The topological polar surface area (TPSA) is 64.8 Å². The normalized spacial score (nSPS) is 12.7. The molecule has 156 valence electrons. The predicted molar refractivity (Wildman–Crippen MR) is 107 cm³/mol. The molecule has 0 bridgehead atoms. The predicted octanol–water partition coefficient (Wildman–Crippen LogP) is 5.42. The smallest absolute Gasteiger partial charge is 0.262 e. The summed E-state index contributed by atoms with van der Waals surface area (Å²) in [5.74, 6) is -0.754. The summed E-state index contributed by atoms with van der Waals surface area (Å²) in [5.41, 5.74) is -3.42. The number of nitrogens with zero attached hydrogens (tertiary/aromatic N) is 3. The minimum Gasteiger partial charge on any atom is -0.262 e. The number of alkyl halides is 3. The maximum Gasteiger partial charge on any atom is 0.497 e. The fourth-order valence-corrected chi connectivity index (χ4v) is 4.61. The van der Waals surface area contributed by atoms with Crippen molar-refractivity contribution in [3.8, 4) is 22.0 Å². The zero-order valence-electron chi connectivity index (χ0n) is 15.4. The molecule has 0 amide bonds. The van der Waals surface area contributed by atoms with Crippen LogP contribution in [0.3, 0.4) is 0 Å². The molecule has 29 heavy (non-hydrogen) atoms. The van der Waals surface area contributed by atoms with Crippen molar-refractivity contribution in [2.75, 3.05) is 0 Å². The van der Waals surface area contributed by atoms with E-state index in [0.717, 1.165) is 17.2 Å². The van der Waals surface area contributed by atoms with Gasteiger partial charge in [-0.05, 0) is 23.6 Å². The average Bonchev–Trinajstić information content (AvgIpc) is 3.22. The standard InChI is InChI=1S/C18H17ClF3N3O2S2/c1-11(2)8-25-16(5-6-23-25)17-24-15(9-28-17)13-4-3-12(7-14(13)19)10-29(26,27)18(20,21)22/h3-7,9,11H,8,10H2,1-2H3. The van der Waals surface area contributed by atoms with E-state index < -0.39 is 21.1 Å². The number of sulfone groups is 1. The zero-order valence-corrected chi connectivity index (χ0v) is 17.8. The summed E-state index contributed by atoms with van der Waals surface area (Å²) < 4.78 is 62.3. The highest BCUT2D eigenvalue weighted by molar-refractivity contribution is 7.91. The van der Waals surface area contributed by atoms with E-state index in [9.17, 15) is 21.6 Å². The Morgan fingerprint density at radius 3 is 2.59 bits per heavy atom. The van der Waals surface area contributed by atoms with Crippen LogP contribution in [-0.4, -0.2) is 28.7 Å². The highest BCUT2D eigenvalue weighted by Crippen LogP contribution is 2.34. The molecule has 2 aromatic heterocycles. The first-order valence-electron chi connectivity index (χ1n) is 8.53. The summed E-state index contributed by atoms with van der Waals surface area (Å²) in [7, 11) is -5.27. The van der Waals surface area contributed by atoms with Gasteiger partial charge >= 0.3 is 5.51 Å². The third-order valence-electron chi connectivity index (χ3n) is 4.00. The number of rotatable bonds is 6. The van der Waals surface area contributed by atoms with Crippen molar-refractivity contribution in [3.05, 3.63) is 46.4 Å². The quantitative estimate of drug-likeness (QED) is 0.489. The number of thiazole rings is 1. The van der Waals surface area contributed by atoms with Gasteiger partial charge < -0.3 is 0 Å². The molecule has 1 aromatic carbocycles. The van der Waals surface area contributed by atoms with Gasteiger partial charge in [0.2, 0.25) is 0 Å². The Morgan fingerprint density at radius 1 is 1.24 bits per heavy atom. The summed E-state index contributed by atoms with van der Waals surface area (Å²) >= 11 is 7.61. The van der Waals surface area contributed by atoms with Gasteiger partial charge in [-0.25, -0.2) is 13.4 Å². The SMILES string of the molecule is CC(C)Cn1nccc1-c1nc(-c2ccc(CS(=O)(=O)C(F)(F)F)cc2Cl)cs1. The van der Waals surface area contributed by atoms with E-state index in [4.69, 9.17) is 11.6 Å². The lowest BCUT2D eigenvalue weighted by Crippen LogP contribution is -2.24. The summed E-state index contributed by atoms with van der Waals surface area (Å²) in [4.78, 5) is 4.57. The second-order valence-electron chi connectivity index (χ2n) is 6.85. The maximum absolute atomic E-state index is 12.6. The van der Waals surface area contributed by atoms with Gasteiger partial charge in [0.1, 0.15) is 5.01 Å². The van der Waals surface area contributed by atoms with Crippen LogP contribution in [0, 0.1) is 5.92 Å². The summed E-state index contributed by atoms with van der Waals surface area (Å²) in [5, 5.41) is 6.96. The Morgan fingerprint density at radius 2 is 1.97 bits per heavy atom. The van der Waals surface area contributed by atoms with Crippen LogP contribution in [0.2, 0.25) is 5.02 Å². The van der Waals surface area contributed by atoms with E-state index in [2.05, 4.69) is 23.9 Å². The number of hydrogen-bond donors (Lipinski definition) is 0. The first kappa shape index (κ1) is 21.8. The van der Waals surface area contributed by atoms with Gasteiger partial charge in [-0.3, -0.25) is 4.68 Å². The van der Waals surface area contributed by atoms with Crippen LogP contribution in [0.5, 0.6) is 0 Å². The van der Waals surface area contributed by atoms with Gasteiger partial charge in [0.05, 0.1) is 22.2 Å². The number of halogens is 4. The molecule has 11 heteroatoms. The number of hydrogen-bond acceptors (Lipinski definition) is 5. The van der Waals surface area contributed by atoms with Crippen LogP contribution in [-0.2, 0) is 22.1 Å². The van der Waals surface area contributed by atoms with E-state index in [1.165, 1.54) is 29.5 Å². The molecule has 0 spiro atoms. The maximum atomic E-state index is 12.6. The molecule has 0 atom stereocenters. The molecule has 0 radical (unpaired) electrons.